The third-order valence-electron chi connectivity index (χ3n) is 2.85. The molecule has 2 heterocycles. The van der Waals surface area contributed by atoms with Crippen molar-refractivity contribution in [1.29, 1.82) is 0 Å². The van der Waals surface area contributed by atoms with Gasteiger partial charge in [-0.05, 0) is 31.2 Å². The van der Waals surface area contributed by atoms with E-state index in [2.05, 4.69) is 36.0 Å². The SMILES string of the molecule is CC(O)CNc1nc(Nc2ccc(Cl)cc2)c2n[nH]nc2n1. The van der Waals surface area contributed by atoms with Crippen LogP contribution in [0.1, 0.15) is 6.92 Å². The van der Waals surface area contributed by atoms with Gasteiger partial charge in [0.2, 0.25) is 11.6 Å². The summed E-state index contributed by atoms with van der Waals surface area (Å²) in [6, 6.07) is 7.22. The van der Waals surface area contributed by atoms with E-state index in [4.69, 9.17) is 11.6 Å². The van der Waals surface area contributed by atoms with E-state index in [0.29, 0.717) is 34.5 Å². The number of benzene rings is 1. The van der Waals surface area contributed by atoms with Crippen molar-refractivity contribution < 1.29 is 5.11 Å². The molecule has 0 fully saturated rings. The van der Waals surface area contributed by atoms with E-state index in [9.17, 15) is 5.11 Å². The average Bonchev–Trinajstić information content (AvgIpc) is 2.96. The maximum atomic E-state index is 9.34. The van der Waals surface area contributed by atoms with Crippen molar-refractivity contribution in [2.24, 2.45) is 0 Å². The maximum Gasteiger partial charge on any atom is 0.227 e. The Labute approximate surface area is 130 Å². The van der Waals surface area contributed by atoms with Crippen LogP contribution in [0.15, 0.2) is 24.3 Å². The van der Waals surface area contributed by atoms with Gasteiger partial charge in [0.05, 0.1) is 6.10 Å². The Balaban J connectivity index is 1.92. The number of nitrogens with one attached hydrogen (secondary N) is 3. The van der Waals surface area contributed by atoms with E-state index < -0.39 is 6.10 Å². The second kappa shape index (κ2) is 6.12. The van der Waals surface area contributed by atoms with E-state index >= 15 is 0 Å². The Kier molecular flexibility index (Phi) is 4.03. The van der Waals surface area contributed by atoms with E-state index in [1.807, 2.05) is 12.1 Å². The molecule has 3 aromatic rings. The standard InChI is InChI=1S/C13H14ClN7O/c1-7(22)6-15-13-17-11(10-12(18-13)20-21-19-10)16-9-4-2-8(14)3-5-9/h2-5,7,22H,6H2,1H3,(H3,15,16,17,18,19,20,21). The highest BCUT2D eigenvalue weighted by Crippen LogP contribution is 2.23. The van der Waals surface area contributed by atoms with Crippen LogP contribution >= 0.6 is 11.6 Å². The highest BCUT2D eigenvalue weighted by molar-refractivity contribution is 6.30. The summed E-state index contributed by atoms with van der Waals surface area (Å²) in [5.41, 5.74) is 1.77. The van der Waals surface area contributed by atoms with Crippen molar-refractivity contribution in [3.63, 3.8) is 0 Å². The van der Waals surface area contributed by atoms with Crippen molar-refractivity contribution in [2.75, 3.05) is 17.2 Å². The molecule has 0 saturated carbocycles. The minimum atomic E-state index is -0.510. The molecule has 1 atom stereocenters. The normalized spacial score (nSPS) is 12.3. The molecule has 0 aliphatic rings. The molecule has 0 saturated heterocycles. The van der Waals surface area contributed by atoms with Gasteiger partial charge in [0.15, 0.2) is 11.3 Å². The molecule has 9 heteroatoms. The van der Waals surface area contributed by atoms with Crippen molar-refractivity contribution in [3.05, 3.63) is 29.3 Å². The monoisotopic (exact) mass is 319 g/mol. The average molecular weight is 320 g/mol. The molecule has 22 heavy (non-hydrogen) atoms. The smallest absolute Gasteiger partial charge is 0.227 e. The number of rotatable bonds is 5. The summed E-state index contributed by atoms with van der Waals surface area (Å²) in [6.07, 6.45) is -0.510. The molecule has 0 aliphatic carbocycles. The van der Waals surface area contributed by atoms with Crippen LogP contribution in [0.25, 0.3) is 11.2 Å². The van der Waals surface area contributed by atoms with Gasteiger partial charge in [0.25, 0.3) is 0 Å². The first-order chi connectivity index (χ1) is 10.6. The van der Waals surface area contributed by atoms with Crippen LogP contribution in [0.3, 0.4) is 0 Å². The quantitative estimate of drug-likeness (QED) is 0.568. The molecular weight excluding hydrogens is 306 g/mol. The van der Waals surface area contributed by atoms with E-state index in [1.165, 1.54) is 0 Å². The van der Waals surface area contributed by atoms with E-state index in [1.54, 1.807) is 19.1 Å². The summed E-state index contributed by atoms with van der Waals surface area (Å²) in [7, 11) is 0. The maximum absolute atomic E-state index is 9.34. The van der Waals surface area contributed by atoms with Crippen LogP contribution in [0.5, 0.6) is 0 Å². The lowest BCUT2D eigenvalue weighted by atomic mass is 10.3. The van der Waals surface area contributed by atoms with Gasteiger partial charge in [-0.2, -0.15) is 20.3 Å². The second-order valence-corrected chi connectivity index (χ2v) is 5.19. The van der Waals surface area contributed by atoms with Gasteiger partial charge in [-0.3, -0.25) is 0 Å². The molecule has 0 aliphatic heterocycles. The first-order valence-electron chi connectivity index (χ1n) is 6.65. The molecule has 4 N–H and O–H groups in total. The van der Waals surface area contributed by atoms with E-state index in [-0.39, 0.29) is 0 Å². The Bertz CT molecular complexity index is 772. The van der Waals surface area contributed by atoms with Crippen molar-refractivity contribution >= 4 is 40.2 Å². The number of aliphatic hydroxyl groups is 1. The number of aliphatic hydroxyl groups excluding tert-OH is 1. The fourth-order valence-electron chi connectivity index (χ4n) is 1.82. The van der Waals surface area contributed by atoms with E-state index in [0.717, 1.165) is 5.69 Å². The van der Waals surface area contributed by atoms with Gasteiger partial charge in [0, 0.05) is 17.3 Å². The Morgan fingerprint density at radius 1 is 1.23 bits per heavy atom. The number of aromatic nitrogens is 5. The molecule has 3 rings (SSSR count). The topological polar surface area (TPSA) is 112 Å². The molecule has 114 valence electrons. The number of hydrogen-bond acceptors (Lipinski definition) is 7. The third-order valence-corrected chi connectivity index (χ3v) is 3.10. The number of halogens is 1. The number of H-pyrrole nitrogens is 1. The molecular formula is C13H14ClN7O. The molecule has 0 bridgehead atoms. The van der Waals surface area contributed by atoms with Crippen LogP contribution in [-0.4, -0.2) is 43.1 Å². The predicted molar refractivity (Wildman–Crippen MR) is 84.4 cm³/mol. The summed E-state index contributed by atoms with van der Waals surface area (Å²) < 4.78 is 0. The minimum absolute atomic E-state index is 0.337. The molecule has 1 unspecified atom stereocenters. The van der Waals surface area contributed by atoms with Crippen molar-refractivity contribution in [2.45, 2.75) is 13.0 Å². The zero-order valence-electron chi connectivity index (χ0n) is 11.7. The molecule has 8 nitrogen and oxygen atoms in total. The summed E-state index contributed by atoms with van der Waals surface area (Å²) in [6.45, 7) is 2.01. The molecule has 0 spiro atoms. The Hall–Kier alpha value is -2.45. The third kappa shape index (κ3) is 3.23. The second-order valence-electron chi connectivity index (χ2n) is 4.75. The van der Waals surface area contributed by atoms with Crippen molar-refractivity contribution in [3.8, 4) is 0 Å². The van der Waals surface area contributed by atoms with Gasteiger partial charge < -0.3 is 15.7 Å². The van der Waals surface area contributed by atoms with Crippen LogP contribution < -0.4 is 10.6 Å². The van der Waals surface area contributed by atoms with Crippen molar-refractivity contribution in [1.82, 2.24) is 25.4 Å². The van der Waals surface area contributed by atoms with Crippen LogP contribution in [0, 0.1) is 0 Å². The fraction of sp³-hybridized carbons (Fsp3) is 0.231. The fourth-order valence-corrected chi connectivity index (χ4v) is 1.95. The summed E-state index contributed by atoms with van der Waals surface area (Å²) in [5, 5.41) is 26.6. The lowest BCUT2D eigenvalue weighted by Gasteiger charge is -2.10. The molecule has 0 amide bonds. The molecule has 1 aromatic carbocycles. The number of aromatic amines is 1. The molecule has 0 radical (unpaired) electrons. The van der Waals surface area contributed by atoms with Gasteiger partial charge in [-0.25, -0.2) is 0 Å². The first kappa shape index (κ1) is 14.5. The zero-order chi connectivity index (χ0) is 15.5. The number of fused-ring (bicyclic) bond motifs is 1. The lowest BCUT2D eigenvalue weighted by molar-refractivity contribution is 0.208. The van der Waals surface area contributed by atoms with Gasteiger partial charge in [-0.15, -0.1) is 5.10 Å². The Morgan fingerprint density at radius 2 is 2.00 bits per heavy atom. The van der Waals surface area contributed by atoms with Gasteiger partial charge in [-0.1, -0.05) is 11.6 Å². The zero-order valence-corrected chi connectivity index (χ0v) is 12.5. The highest BCUT2D eigenvalue weighted by atomic mass is 35.5. The highest BCUT2D eigenvalue weighted by Gasteiger charge is 2.12. The number of anilines is 3. The Morgan fingerprint density at radius 3 is 2.73 bits per heavy atom. The summed E-state index contributed by atoms with van der Waals surface area (Å²) >= 11 is 5.87. The summed E-state index contributed by atoms with van der Waals surface area (Å²) in [4.78, 5) is 8.59. The minimum Gasteiger partial charge on any atom is -0.392 e. The number of nitrogens with zero attached hydrogens (tertiary/aromatic N) is 4. The van der Waals surface area contributed by atoms with Crippen LogP contribution in [0.4, 0.5) is 17.5 Å². The van der Waals surface area contributed by atoms with Crippen LogP contribution in [0.2, 0.25) is 5.02 Å². The molecule has 2 aromatic heterocycles. The van der Waals surface area contributed by atoms with Gasteiger partial charge >= 0.3 is 0 Å². The largest absolute Gasteiger partial charge is 0.392 e. The first-order valence-corrected chi connectivity index (χ1v) is 7.02. The predicted octanol–water partition coefficient (Wildman–Crippen LogP) is 1.94. The summed E-state index contributed by atoms with van der Waals surface area (Å²) in [5.74, 6) is 0.868. The number of hydrogen-bond donors (Lipinski definition) is 4. The van der Waals surface area contributed by atoms with Gasteiger partial charge in [0.1, 0.15) is 0 Å². The lowest BCUT2D eigenvalue weighted by Crippen LogP contribution is -2.17. The van der Waals surface area contributed by atoms with Crippen LogP contribution in [-0.2, 0) is 0 Å².